The maximum absolute atomic E-state index is 14.7. The van der Waals surface area contributed by atoms with Crippen LogP contribution in [0.1, 0.15) is 28.2 Å². The first-order chi connectivity index (χ1) is 18.1. The summed E-state index contributed by atoms with van der Waals surface area (Å²) in [6.45, 7) is 1.46. The van der Waals surface area contributed by atoms with Crippen LogP contribution in [0.3, 0.4) is 0 Å². The molecule has 13 heteroatoms. The Morgan fingerprint density at radius 3 is 2.82 bits per heavy atom. The highest BCUT2D eigenvalue weighted by Gasteiger charge is 2.32. The van der Waals surface area contributed by atoms with Gasteiger partial charge in [0.2, 0.25) is 11.7 Å². The number of carbonyl (C=O) groups excluding carboxylic acids is 1. The lowest BCUT2D eigenvalue weighted by Gasteiger charge is -2.33. The van der Waals surface area contributed by atoms with Gasteiger partial charge in [0.15, 0.2) is 0 Å². The molecule has 1 fully saturated rings. The van der Waals surface area contributed by atoms with Crippen molar-refractivity contribution in [1.82, 2.24) is 24.9 Å². The number of fused-ring (bicyclic) bond motifs is 1. The summed E-state index contributed by atoms with van der Waals surface area (Å²) in [5.41, 5.74) is 2.29. The van der Waals surface area contributed by atoms with Crippen molar-refractivity contribution in [2.24, 2.45) is 0 Å². The fourth-order valence-corrected chi connectivity index (χ4v) is 5.47. The molecule has 8 nitrogen and oxygen atoms in total. The Balaban J connectivity index is 1.44. The molecule has 1 aromatic carbocycles. The second-order valence-electron chi connectivity index (χ2n) is 9.45. The number of carbonyl (C=O) groups is 1. The Bertz CT molecular complexity index is 1450. The zero-order valence-corrected chi connectivity index (χ0v) is 21.5. The summed E-state index contributed by atoms with van der Waals surface area (Å²) in [5.74, 6) is -0.310. The predicted octanol–water partition coefficient (Wildman–Crippen LogP) is 5.01. The molecule has 2 N–H and O–H groups in total. The smallest absolute Gasteiger partial charge is 0.379 e. The summed E-state index contributed by atoms with van der Waals surface area (Å²) in [7, 11) is 1.85. The van der Waals surface area contributed by atoms with Crippen LogP contribution in [-0.2, 0) is 13.1 Å². The van der Waals surface area contributed by atoms with Crippen LogP contribution in [0.4, 0.5) is 23.2 Å². The SMILES string of the molecule is Cc1cscc1C(=O)NCc1nc(-c2cc3c(N[C@@H]4CCN(C)C[C@@H]4F)cccc3n2CC(F)(F)F)no1. The third-order valence-corrected chi connectivity index (χ3v) is 7.43. The largest absolute Gasteiger partial charge is 0.406 e. The van der Waals surface area contributed by atoms with Crippen LogP contribution in [0.15, 0.2) is 39.5 Å². The number of alkyl halides is 4. The van der Waals surface area contributed by atoms with E-state index in [2.05, 4.69) is 20.8 Å². The number of nitrogens with one attached hydrogen (secondary N) is 2. The number of hydrogen-bond acceptors (Lipinski definition) is 7. The summed E-state index contributed by atoms with van der Waals surface area (Å²) in [6.07, 6.45) is -5.07. The maximum atomic E-state index is 14.7. The van der Waals surface area contributed by atoms with Gasteiger partial charge >= 0.3 is 6.18 Å². The first-order valence-electron chi connectivity index (χ1n) is 12.0. The van der Waals surface area contributed by atoms with E-state index in [1.165, 1.54) is 11.3 Å². The van der Waals surface area contributed by atoms with Gasteiger partial charge in [-0.3, -0.25) is 4.79 Å². The third kappa shape index (κ3) is 5.53. The first kappa shape index (κ1) is 26.2. The van der Waals surface area contributed by atoms with Crippen LogP contribution in [0, 0.1) is 6.92 Å². The number of benzene rings is 1. The Morgan fingerprint density at radius 1 is 1.29 bits per heavy atom. The molecule has 0 saturated carbocycles. The van der Waals surface area contributed by atoms with E-state index in [4.69, 9.17) is 4.52 Å². The molecule has 4 heterocycles. The number of aromatic nitrogens is 3. The second kappa shape index (κ2) is 10.4. The zero-order chi connectivity index (χ0) is 27.0. The molecule has 38 heavy (non-hydrogen) atoms. The molecule has 2 atom stereocenters. The average Bonchev–Trinajstić information content (AvgIpc) is 3.58. The normalized spacial score (nSPS) is 18.7. The van der Waals surface area contributed by atoms with Crippen molar-refractivity contribution in [3.05, 3.63) is 52.0 Å². The number of hydrogen-bond donors (Lipinski definition) is 2. The fraction of sp³-hybridized carbons (Fsp3) is 0.400. The van der Waals surface area contributed by atoms with E-state index in [1.54, 1.807) is 29.6 Å². The molecular weight excluding hydrogens is 524 g/mol. The van der Waals surface area contributed by atoms with Gasteiger partial charge in [0.05, 0.1) is 29.4 Å². The van der Waals surface area contributed by atoms with E-state index >= 15 is 0 Å². The van der Waals surface area contributed by atoms with Gasteiger partial charge in [0.1, 0.15) is 12.7 Å². The van der Waals surface area contributed by atoms with E-state index in [0.717, 1.165) is 10.1 Å². The van der Waals surface area contributed by atoms with Gasteiger partial charge < -0.3 is 24.6 Å². The minimum Gasteiger partial charge on any atom is -0.379 e. The van der Waals surface area contributed by atoms with Crippen LogP contribution in [0.5, 0.6) is 0 Å². The number of likely N-dealkylation sites (tertiary alicyclic amines) is 1. The molecule has 4 aromatic rings. The van der Waals surface area contributed by atoms with Crippen molar-refractivity contribution in [3.63, 3.8) is 0 Å². The first-order valence-corrected chi connectivity index (χ1v) is 13.0. The topological polar surface area (TPSA) is 88.2 Å². The molecule has 202 valence electrons. The van der Waals surface area contributed by atoms with E-state index in [0.29, 0.717) is 35.1 Å². The molecule has 0 radical (unpaired) electrons. The van der Waals surface area contributed by atoms with Gasteiger partial charge in [-0.2, -0.15) is 29.5 Å². The van der Waals surface area contributed by atoms with Crippen molar-refractivity contribution in [1.29, 1.82) is 0 Å². The van der Waals surface area contributed by atoms with Crippen molar-refractivity contribution in [3.8, 4) is 11.5 Å². The summed E-state index contributed by atoms with van der Waals surface area (Å²) in [5, 5.41) is 13.8. The van der Waals surface area contributed by atoms with Crippen LogP contribution in [0.25, 0.3) is 22.4 Å². The van der Waals surface area contributed by atoms with Crippen LogP contribution in [0.2, 0.25) is 0 Å². The number of piperidine rings is 1. The van der Waals surface area contributed by atoms with Crippen LogP contribution < -0.4 is 10.6 Å². The number of rotatable bonds is 7. The molecule has 1 aliphatic heterocycles. The van der Waals surface area contributed by atoms with Gasteiger partial charge in [-0.05, 0) is 49.5 Å². The van der Waals surface area contributed by atoms with Crippen LogP contribution in [-0.4, -0.2) is 64.0 Å². The molecule has 0 unspecified atom stereocenters. The minimum absolute atomic E-state index is 0.0463. The minimum atomic E-state index is -4.51. The number of halogens is 4. The summed E-state index contributed by atoms with van der Waals surface area (Å²) < 4.78 is 61.7. The molecule has 1 saturated heterocycles. The monoisotopic (exact) mass is 550 g/mol. The summed E-state index contributed by atoms with van der Waals surface area (Å²) in [4.78, 5) is 18.5. The fourth-order valence-electron chi connectivity index (χ4n) is 4.64. The van der Waals surface area contributed by atoms with E-state index in [1.807, 2.05) is 24.3 Å². The molecular formula is C25H26F4N6O2S. The van der Waals surface area contributed by atoms with Crippen molar-refractivity contribution in [2.75, 3.05) is 25.5 Å². The molecule has 0 aliphatic carbocycles. The van der Waals surface area contributed by atoms with Crippen molar-refractivity contribution < 1.29 is 26.9 Å². The van der Waals surface area contributed by atoms with Gasteiger partial charge in [-0.25, -0.2) is 4.39 Å². The van der Waals surface area contributed by atoms with Crippen molar-refractivity contribution in [2.45, 2.75) is 44.8 Å². The highest BCUT2D eigenvalue weighted by Crippen LogP contribution is 2.35. The second-order valence-corrected chi connectivity index (χ2v) is 10.2. The highest BCUT2D eigenvalue weighted by molar-refractivity contribution is 7.08. The van der Waals surface area contributed by atoms with Crippen molar-refractivity contribution >= 4 is 33.8 Å². The van der Waals surface area contributed by atoms with Gasteiger partial charge in [-0.15, -0.1) is 0 Å². The van der Waals surface area contributed by atoms with Crippen LogP contribution >= 0.6 is 11.3 Å². The quantitative estimate of drug-likeness (QED) is 0.315. The zero-order valence-electron chi connectivity index (χ0n) is 20.7. The number of aryl methyl sites for hydroxylation is 1. The molecule has 0 bridgehead atoms. The average molecular weight is 551 g/mol. The molecule has 1 amide bonds. The third-order valence-electron chi connectivity index (χ3n) is 6.57. The molecule has 0 spiro atoms. The lowest BCUT2D eigenvalue weighted by Crippen LogP contribution is -2.46. The summed E-state index contributed by atoms with van der Waals surface area (Å²) >= 11 is 1.40. The van der Waals surface area contributed by atoms with Gasteiger partial charge in [0.25, 0.3) is 5.91 Å². The molecule has 5 rings (SSSR count). The number of amides is 1. The lowest BCUT2D eigenvalue weighted by molar-refractivity contribution is -0.139. The predicted molar refractivity (Wildman–Crippen MR) is 136 cm³/mol. The standard InChI is InChI=1S/C25H26F4N6O2S/c1-14-11-38-12-16(14)24(36)30-9-22-32-23(33-37-22)21-8-15-18(31-19-6-7-34(2)10-17(19)26)4-3-5-20(15)35(21)13-25(27,28)29/h3-5,8,11-12,17,19,31H,6-7,9-10,13H2,1-2H3,(H,30,36)/t17-,19+/m0/s1. The van der Waals surface area contributed by atoms with Gasteiger partial charge in [-0.1, -0.05) is 11.2 Å². The number of thiophene rings is 1. The van der Waals surface area contributed by atoms with Gasteiger partial charge in [0, 0.05) is 29.5 Å². The van der Waals surface area contributed by atoms with E-state index in [-0.39, 0.29) is 36.4 Å². The Labute approximate surface area is 219 Å². The lowest BCUT2D eigenvalue weighted by atomic mass is 10.0. The van der Waals surface area contributed by atoms with E-state index < -0.39 is 24.9 Å². The molecule has 1 aliphatic rings. The Morgan fingerprint density at radius 2 is 2.11 bits per heavy atom. The highest BCUT2D eigenvalue weighted by atomic mass is 32.1. The maximum Gasteiger partial charge on any atom is 0.406 e. The Hall–Kier alpha value is -3.45. The Kier molecular flexibility index (Phi) is 7.14. The summed E-state index contributed by atoms with van der Waals surface area (Å²) in [6, 6.07) is 6.01. The van der Waals surface area contributed by atoms with E-state index in [9.17, 15) is 22.4 Å². The number of nitrogens with zero attached hydrogens (tertiary/aromatic N) is 4. The number of anilines is 1. The molecule has 3 aromatic heterocycles.